The van der Waals surface area contributed by atoms with Crippen LogP contribution in [0.2, 0.25) is 0 Å². The summed E-state index contributed by atoms with van der Waals surface area (Å²) in [5, 5.41) is 2.91. The van der Waals surface area contributed by atoms with Gasteiger partial charge in [-0.2, -0.15) is 0 Å². The zero-order valence-electron chi connectivity index (χ0n) is 23.7. The second-order valence-corrected chi connectivity index (χ2v) is 15.0. The van der Waals surface area contributed by atoms with E-state index >= 15 is 0 Å². The number of rotatable bonds is 9. The van der Waals surface area contributed by atoms with Crippen molar-refractivity contribution in [2.24, 2.45) is 5.92 Å². The molecule has 1 fully saturated rings. The Balaban J connectivity index is 2.03. The summed E-state index contributed by atoms with van der Waals surface area (Å²) in [4.78, 5) is 13.8. The monoisotopic (exact) mass is 565 g/mol. The van der Waals surface area contributed by atoms with Crippen molar-refractivity contribution in [1.29, 1.82) is 0 Å². The molecule has 2 aromatic rings. The number of aromatic nitrogens is 1. The number of nitrogens with zero attached hydrogens (tertiary/aromatic N) is 1. The minimum atomic E-state index is -3.43. The van der Waals surface area contributed by atoms with E-state index in [1.165, 1.54) is 19.3 Å². The smallest absolute Gasteiger partial charge is 0.253 e. The predicted octanol–water partition coefficient (Wildman–Crippen LogP) is 4.98. The molecule has 1 saturated carbocycles. The molecule has 1 aromatic heterocycles. The van der Waals surface area contributed by atoms with E-state index in [2.05, 4.69) is 14.6 Å². The van der Waals surface area contributed by atoms with Crippen LogP contribution in [-0.2, 0) is 33.1 Å². The van der Waals surface area contributed by atoms with Gasteiger partial charge >= 0.3 is 0 Å². The predicted molar refractivity (Wildman–Crippen MR) is 153 cm³/mol. The van der Waals surface area contributed by atoms with Crippen LogP contribution in [0.1, 0.15) is 88.3 Å². The van der Waals surface area contributed by atoms with Gasteiger partial charge in [-0.25, -0.2) is 17.3 Å². The van der Waals surface area contributed by atoms with Gasteiger partial charge in [0.25, 0.3) is 5.91 Å². The number of hydrogen-bond donors (Lipinski definition) is 3. The van der Waals surface area contributed by atoms with Gasteiger partial charge in [0.2, 0.25) is 10.0 Å². The van der Waals surface area contributed by atoms with E-state index in [1.807, 2.05) is 45.9 Å². The summed E-state index contributed by atoms with van der Waals surface area (Å²) in [7, 11) is -3.43. The van der Waals surface area contributed by atoms with Gasteiger partial charge in [0.1, 0.15) is 0 Å². The van der Waals surface area contributed by atoms with Crippen molar-refractivity contribution in [3.05, 3.63) is 41.1 Å². The summed E-state index contributed by atoms with van der Waals surface area (Å²) in [6.07, 6.45) is 7.08. The van der Waals surface area contributed by atoms with Crippen molar-refractivity contribution in [1.82, 2.24) is 14.6 Å². The first-order valence-corrected chi connectivity index (χ1v) is 16.2. The Labute approximate surface area is 230 Å². The van der Waals surface area contributed by atoms with Crippen LogP contribution in [0.4, 0.5) is 0 Å². The van der Waals surface area contributed by atoms with Crippen molar-refractivity contribution in [2.45, 2.75) is 96.0 Å². The summed E-state index contributed by atoms with van der Waals surface area (Å²) in [5.74, 6) is 0.257. The third-order valence-corrected chi connectivity index (χ3v) is 8.86. The zero-order chi connectivity index (χ0) is 28.5. The number of benzene rings is 1. The minimum Gasteiger partial charge on any atom is -0.350 e. The fraction of sp³-hybridized carbons (Fsp3) is 0.607. The molecule has 0 bridgehead atoms. The summed E-state index contributed by atoms with van der Waals surface area (Å²) < 4.78 is 50.1. The Hall–Kier alpha value is -2.01. The van der Waals surface area contributed by atoms with Gasteiger partial charge < -0.3 is 14.4 Å². The Bertz CT molecular complexity index is 1300. The Morgan fingerprint density at radius 2 is 1.74 bits per heavy atom. The highest BCUT2D eigenvalue weighted by Crippen LogP contribution is 2.35. The van der Waals surface area contributed by atoms with Gasteiger partial charge in [0.15, 0.2) is 11.1 Å². The van der Waals surface area contributed by atoms with Crippen LogP contribution < -0.4 is 10.0 Å². The molecule has 1 aliphatic rings. The van der Waals surface area contributed by atoms with Crippen molar-refractivity contribution in [3.63, 3.8) is 0 Å². The molecule has 3 N–H and O–H groups in total. The highest BCUT2D eigenvalue weighted by molar-refractivity contribution is 7.88. The first-order chi connectivity index (χ1) is 17.5. The highest BCUT2D eigenvalue weighted by Gasteiger charge is 2.27. The maximum atomic E-state index is 13.4. The molecule has 38 heavy (non-hydrogen) atoms. The van der Waals surface area contributed by atoms with Gasteiger partial charge in [-0.3, -0.25) is 4.79 Å². The number of carbonyl (C=O) groups is 1. The molecule has 212 valence electrons. The maximum Gasteiger partial charge on any atom is 0.253 e. The molecule has 1 heterocycles. The van der Waals surface area contributed by atoms with Crippen LogP contribution in [-0.4, -0.2) is 46.0 Å². The van der Waals surface area contributed by atoms with E-state index in [4.69, 9.17) is 0 Å². The van der Waals surface area contributed by atoms with E-state index in [0.717, 1.165) is 48.2 Å². The molecule has 0 aliphatic heterocycles. The fourth-order valence-corrected chi connectivity index (χ4v) is 7.15. The SMILES string of the molecule is Cc1c(C(=O)NCC(C)(C)NS(C)(=O)=O)cc(-c2ccc(S(=O)O)c(C(C)(C)C)c2)n1CC1CCCCC1. The van der Waals surface area contributed by atoms with E-state index in [9.17, 15) is 22.0 Å². The van der Waals surface area contributed by atoms with Gasteiger partial charge in [0.05, 0.1) is 16.7 Å². The largest absolute Gasteiger partial charge is 0.350 e. The first-order valence-electron chi connectivity index (χ1n) is 13.2. The molecule has 1 atom stereocenters. The molecular weight excluding hydrogens is 522 g/mol. The molecular formula is C28H43N3O5S2. The Morgan fingerprint density at radius 3 is 2.29 bits per heavy atom. The molecule has 0 spiro atoms. The molecule has 0 saturated heterocycles. The van der Waals surface area contributed by atoms with Crippen molar-refractivity contribution in [3.8, 4) is 11.3 Å². The van der Waals surface area contributed by atoms with E-state index in [0.29, 0.717) is 16.4 Å². The highest BCUT2D eigenvalue weighted by atomic mass is 32.2. The third-order valence-electron chi connectivity index (χ3n) is 7.20. The summed E-state index contributed by atoms with van der Waals surface area (Å²) in [6, 6.07) is 7.42. The lowest BCUT2D eigenvalue weighted by atomic mass is 9.85. The lowest BCUT2D eigenvalue weighted by Crippen LogP contribution is -2.51. The van der Waals surface area contributed by atoms with E-state index in [-0.39, 0.29) is 17.9 Å². The molecule has 1 aromatic carbocycles. The number of hydrogen-bond acceptors (Lipinski definition) is 4. The molecule has 3 rings (SSSR count). The second kappa shape index (κ2) is 11.6. The molecule has 10 heteroatoms. The van der Waals surface area contributed by atoms with Crippen LogP contribution in [0.3, 0.4) is 0 Å². The van der Waals surface area contributed by atoms with Gasteiger partial charge in [0, 0.05) is 30.0 Å². The molecule has 1 unspecified atom stereocenters. The van der Waals surface area contributed by atoms with Gasteiger partial charge in [-0.05, 0) is 74.3 Å². The lowest BCUT2D eigenvalue weighted by Gasteiger charge is -2.26. The van der Waals surface area contributed by atoms with Gasteiger partial charge in [-0.1, -0.05) is 46.1 Å². The van der Waals surface area contributed by atoms with Crippen molar-refractivity contribution in [2.75, 3.05) is 12.8 Å². The second-order valence-electron chi connectivity index (χ2n) is 12.3. The Kier molecular flexibility index (Phi) is 9.33. The molecule has 1 amide bonds. The minimum absolute atomic E-state index is 0.132. The van der Waals surface area contributed by atoms with Gasteiger partial charge in [-0.15, -0.1) is 0 Å². The first kappa shape index (κ1) is 30.5. The standard InChI is InChI=1S/C28H43N3O5S2/c1-19-22(26(32)29-18-28(5,6)30-38(7,35)36)16-24(31(19)17-20-11-9-8-10-12-20)21-13-14-25(37(33)34)23(15-21)27(2,3)4/h13-16,20,30H,8-12,17-18H2,1-7H3,(H,29,32)(H,33,34). The van der Waals surface area contributed by atoms with Crippen LogP contribution in [0.5, 0.6) is 0 Å². The zero-order valence-corrected chi connectivity index (χ0v) is 25.3. The molecule has 8 nitrogen and oxygen atoms in total. The maximum absolute atomic E-state index is 13.4. The quantitative estimate of drug-likeness (QED) is 0.371. The van der Waals surface area contributed by atoms with Crippen LogP contribution in [0.15, 0.2) is 29.2 Å². The number of carbonyl (C=O) groups excluding carboxylic acids is 1. The van der Waals surface area contributed by atoms with Crippen LogP contribution in [0, 0.1) is 12.8 Å². The normalized spacial score (nSPS) is 16.4. The summed E-state index contributed by atoms with van der Waals surface area (Å²) >= 11 is -2.11. The summed E-state index contributed by atoms with van der Waals surface area (Å²) in [5.41, 5.74) is 2.77. The third kappa shape index (κ3) is 7.77. The average molecular weight is 566 g/mol. The molecule has 0 radical (unpaired) electrons. The van der Waals surface area contributed by atoms with E-state index in [1.54, 1.807) is 19.9 Å². The number of sulfonamides is 1. The topological polar surface area (TPSA) is 118 Å². The van der Waals surface area contributed by atoms with Crippen LogP contribution >= 0.6 is 0 Å². The average Bonchev–Trinajstić information content (AvgIpc) is 3.11. The van der Waals surface area contributed by atoms with Crippen molar-refractivity contribution < 1.29 is 22.0 Å². The lowest BCUT2D eigenvalue weighted by molar-refractivity contribution is 0.0943. The molecule has 1 aliphatic carbocycles. The number of amides is 1. The van der Waals surface area contributed by atoms with Crippen molar-refractivity contribution >= 4 is 27.0 Å². The summed E-state index contributed by atoms with van der Waals surface area (Å²) in [6.45, 7) is 12.4. The van der Waals surface area contributed by atoms with Crippen LogP contribution in [0.25, 0.3) is 11.3 Å². The fourth-order valence-electron chi connectivity index (χ4n) is 5.34. The number of nitrogens with one attached hydrogen (secondary N) is 2. The van der Waals surface area contributed by atoms with E-state index < -0.39 is 26.6 Å². The Morgan fingerprint density at radius 1 is 1.11 bits per heavy atom.